The number of nitrogens with one attached hydrogen (secondary N) is 1. The van der Waals surface area contributed by atoms with E-state index >= 15 is 0 Å². The number of benzene rings is 2. The maximum Gasteiger partial charge on any atom is 0.0636 e. The molecular formula is C14H13BrCl2N2. The van der Waals surface area contributed by atoms with Crippen molar-refractivity contribution in [3.05, 3.63) is 62.5 Å². The topological polar surface area (TPSA) is 38.0 Å². The van der Waals surface area contributed by atoms with Gasteiger partial charge in [-0.05, 0) is 42.0 Å². The summed E-state index contributed by atoms with van der Waals surface area (Å²) in [5.41, 5.74) is 7.84. The molecule has 0 fully saturated rings. The Labute approximate surface area is 131 Å². The van der Waals surface area contributed by atoms with Crippen molar-refractivity contribution < 1.29 is 0 Å². The van der Waals surface area contributed by atoms with Crippen molar-refractivity contribution in [2.24, 2.45) is 5.73 Å². The minimum absolute atomic E-state index is 0.00376. The SMILES string of the molecule is NCC(Nc1ccc(Br)cc1)c1ccc(Cl)c(Cl)c1. The maximum absolute atomic E-state index is 6.03. The molecule has 0 heterocycles. The summed E-state index contributed by atoms with van der Waals surface area (Å²) in [6.07, 6.45) is 0. The Balaban J connectivity index is 2.19. The van der Waals surface area contributed by atoms with Crippen molar-refractivity contribution in [2.45, 2.75) is 6.04 Å². The Morgan fingerprint density at radius 2 is 1.74 bits per heavy atom. The first-order chi connectivity index (χ1) is 9.10. The normalized spacial score (nSPS) is 12.2. The highest BCUT2D eigenvalue weighted by molar-refractivity contribution is 9.10. The van der Waals surface area contributed by atoms with Crippen molar-refractivity contribution in [2.75, 3.05) is 11.9 Å². The average molecular weight is 360 g/mol. The van der Waals surface area contributed by atoms with Crippen molar-refractivity contribution in [3.8, 4) is 0 Å². The molecule has 3 N–H and O–H groups in total. The van der Waals surface area contributed by atoms with E-state index in [2.05, 4.69) is 21.2 Å². The lowest BCUT2D eigenvalue weighted by Crippen LogP contribution is -2.20. The van der Waals surface area contributed by atoms with Gasteiger partial charge in [0.1, 0.15) is 0 Å². The minimum atomic E-state index is -0.00376. The van der Waals surface area contributed by atoms with Crippen molar-refractivity contribution in [1.29, 1.82) is 0 Å². The van der Waals surface area contributed by atoms with Gasteiger partial charge in [-0.1, -0.05) is 45.2 Å². The summed E-state index contributed by atoms with van der Waals surface area (Å²) in [5, 5.41) is 4.45. The molecule has 1 atom stereocenters. The Bertz CT molecular complexity index is 558. The average Bonchev–Trinajstić information content (AvgIpc) is 2.41. The molecule has 2 rings (SSSR count). The van der Waals surface area contributed by atoms with Gasteiger partial charge in [0.2, 0.25) is 0 Å². The molecule has 0 spiro atoms. The molecule has 19 heavy (non-hydrogen) atoms. The van der Waals surface area contributed by atoms with E-state index in [0.29, 0.717) is 16.6 Å². The second-order valence-electron chi connectivity index (χ2n) is 4.11. The van der Waals surface area contributed by atoms with Gasteiger partial charge in [0.15, 0.2) is 0 Å². The highest BCUT2D eigenvalue weighted by atomic mass is 79.9. The van der Waals surface area contributed by atoms with Crippen LogP contribution in [0.3, 0.4) is 0 Å². The van der Waals surface area contributed by atoms with Gasteiger partial charge in [-0.25, -0.2) is 0 Å². The third kappa shape index (κ3) is 3.86. The van der Waals surface area contributed by atoms with Crippen molar-refractivity contribution in [3.63, 3.8) is 0 Å². The Morgan fingerprint density at radius 3 is 2.32 bits per heavy atom. The molecule has 2 aromatic carbocycles. The van der Waals surface area contributed by atoms with Crippen LogP contribution >= 0.6 is 39.1 Å². The van der Waals surface area contributed by atoms with Crippen LogP contribution in [0.1, 0.15) is 11.6 Å². The fourth-order valence-corrected chi connectivity index (χ4v) is 2.33. The van der Waals surface area contributed by atoms with Crippen LogP contribution in [0.4, 0.5) is 5.69 Å². The lowest BCUT2D eigenvalue weighted by Gasteiger charge is -2.19. The molecule has 2 nitrogen and oxygen atoms in total. The molecule has 0 saturated heterocycles. The summed E-state index contributed by atoms with van der Waals surface area (Å²) >= 11 is 15.4. The van der Waals surface area contributed by atoms with E-state index < -0.39 is 0 Å². The van der Waals surface area contributed by atoms with Gasteiger partial charge < -0.3 is 11.1 Å². The summed E-state index contributed by atoms with van der Waals surface area (Å²) in [6.45, 7) is 0.466. The van der Waals surface area contributed by atoms with E-state index in [4.69, 9.17) is 28.9 Å². The van der Waals surface area contributed by atoms with E-state index in [1.165, 1.54) is 0 Å². The van der Waals surface area contributed by atoms with E-state index in [-0.39, 0.29) is 6.04 Å². The molecule has 0 radical (unpaired) electrons. The number of anilines is 1. The maximum atomic E-state index is 6.03. The fourth-order valence-electron chi connectivity index (χ4n) is 1.75. The third-order valence-electron chi connectivity index (χ3n) is 2.77. The Morgan fingerprint density at radius 1 is 1.05 bits per heavy atom. The summed E-state index contributed by atoms with van der Waals surface area (Å²) in [4.78, 5) is 0. The first-order valence-electron chi connectivity index (χ1n) is 5.77. The number of nitrogens with two attached hydrogens (primary N) is 1. The van der Waals surface area contributed by atoms with E-state index in [0.717, 1.165) is 15.7 Å². The molecule has 0 aliphatic rings. The van der Waals surface area contributed by atoms with Gasteiger partial charge in [0.25, 0.3) is 0 Å². The van der Waals surface area contributed by atoms with Gasteiger partial charge in [0, 0.05) is 16.7 Å². The van der Waals surface area contributed by atoms with Gasteiger partial charge in [-0.3, -0.25) is 0 Å². The zero-order valence-corrected chi connectivity index (χ0v) is 13.1. The molecule has 5 heteroatoms. The van der Waals surface area contributed by atoms with Crippen LogP contribution in [-0.2, 0) is 0 Å². The molecule has 0 aliphatic heterocycles. The zero-order valence-electron chi connectivity index (χ0n) is 10.0. The van der Waals surface area contributed by atoms with E-state index in [1.54, 1.807) is 6.07 Å². The first-order valence-corrected chi connectivity index (χ1v) is 7.32. The molecule has 2 aromatic rings. The quantitative estimate of drug-likeness (QED) is 0.817. The van der Waals surface area contributed by atoms with Crippen LogP contribution < -0.4 is 11.1 Å². The predicted molar refractivity (Wildman–Crippen MR) is 86.0 cm³/mol. The standard InChI is InChI=1S/C14H13BrCl2N2/c15-10-2-4-11(5-3-10)19-14(8-18)9-1-6-12(16)13(17)7-9/h1-7,14,19H,8,18H2. The van der Waals surface area contributed by atoms with Crippen molar-refractivity contribution >= 4 is 44.8 Å². The smallest absolute Gasteiger partial charge is 0.0636 e. The third-order valence-corrected chi connectivity index (χ3v) is 4.03. The lowest BCUT2D eigenvalue weighted by molar-refractivity contribution is 0.790. The molecule has 0 amide bonds. The zero-order chi connectivity index (χ0) is 13.8. The second kappa shape index (κ2) is 6.62. The predicted octanol–water partition coefficient (Wildman–Crippen LogP) is 4.87. The van der Waals surface area contributed by atoms with Gasteiger partial charge in [-0.15, -0.1) is 0 Å². The summed E-state index contributed by atoms with van der Waals surface area (Å²) in [7, 11) is 0. The molecule has 1 unspecified atom stereocenters. The monoisotopic (exact) mass is 358 g/mol. The Hall–Kier alpha value is -0.740. The molecule has 0 aromatic heterocycles. The molecule has 100 valence electrons. The highest BCUT2D eigenvalue weighted by Gasteiger charge is 2.11. The number of hydrogen-bond donors (Lipinski definition) is 2. The van der Waals surface area contributed by atoms with Crippen LogP contribution in [0.5, 0.6) is 0 Å². The molecule has 0 bridgehead atoms. The lowest BCUT2D eigenvalue weighted by atomic mass is 10.1. The summed E-state index contributed by atoms with van der Waals surface area (Å²) < 4.78 is 1.04. The largest absolute Gasteiger partial charge is 0.377 e. The summed E-state index contributed by atoms with van der Waals surface area (Å²) in [6, 6.07) is 13.5. The minimum Gasteiger partial charge on any atom is -0.377 e. The first kappa shape index (κ1) is 14.7. The molecule has 0 saturated carbocycles. The number of halogens is 3. The van der Waals surface area contributed by atoms with Crippen LogP contribution in [0.2, 0.25) is 10.0 Å². The summed E-state index contributed by atoms with van der Waals surface area (Å²) in [5.74, 6) is 0. The van der Waals surface area contributed by atoms with E-state index in [1.807, 2.05) is 36.4 Å². The van der Waals surface area contributed by atoms with Crippen LogP contribution in [-0.4, -0.2) is 6.54 Å². The van der Waals surface area contributed by atoms with Crippen molar-refractivity contribution in [1.82, 2.24) is 0 Å². The van der Waals surface area contributed by atoms with Crippen LogP contribution in [0.15, 0.2) is 46.9 Å². The Kier molecular flexibility index (Phi) is 5.11. The van der Waals surface area contributed by atoms with Crippen LogP contribution in [0, 0.1) is 0 Å². The number of hydrogen-bond acceptors (Lipinski definition) is 2. The number of rotatable bonds is 4. The molecule has 0 aliphatic carbocycles. The van der Waals surface area contributed by atoms with Gasteiger partial charge in [0.05, 0.1) is 16.1 Å². The fraction of sp³-hybridized carbons (Fsp3) is 0.143. The van der Waals surface area contributed by atoms with Gasteiger partial charge in [-0.2, -0.15) is 0 Å². The van der Waals surface area contributed by atoms with E-state index in [9.17, 15) is 0 Å². The highest BCUT2D eigenvalue weighted by Crippen LogP contribution is 2.27. The molecular weight excluding hydrogens is 347 g/mol. The van der Waals surface area contributed by atoms with Gasteiger partial charge >= 0.3 is 0 Å². The second-order valence-corrected chi connectivity index (χ2v) is 5.84. The van der Waals surface area contributed by atoms with Crippen LogP contribution in [0.25, 0.3) is 0 Å².